The smallest absolute Gasteiger partial charge is 0.276 e. The van der Waals surface area contributed by atoms with E-state index in [1.807, 2.05) is 47.2 Å². The first-order valence-electron chi connectivity index (χ1n) is 13.9. The number of halogens is 1. The van der Waals surface area contributed by atoms with Gasteiger partial charge < -0.3 is 19.1 Å². The Labute approximate surface area is 235 Å². The Balaban J connectivity index is 1.25. The fraction of sp³-hybridized carbons (Fsp3) is 0.452. The molecule has 0 aliphatic carbocycles. The second kappa shape index (κ2) is 12.2. The highest BCUT2D eigenvalue weighted by atomic mass is 35.5. The molecular weight excluding hydrogens is 514 g/mol. The van der Waals surface area contributed by atoms with Crippen LogP contribution in [-0.4, -0.2) is 60.1 Å². The first kappa shape index (κ1) is 27.3. The number of benzene rings is 2. The lowest BCUT2D eigenvalue weighted by Crippen LogP contribution is -2.48. The number of fused-ring (bicyclic) bond motifs is 1. The van der Waals surface area contributed by atoms with E-state index in [0.717, 1.165) is 44.3 Å². The zero-order valence-corrected chi connectivity index (χ0v) is 23.3. The number of likely N-dealkylation sites (tertiary alicyclic amines) is 1. The first-order chi connectivity index (χ1) is 18.9. The SMILES string of the molecule is CN1CC2(CCCCc3ccccc3OCCCC1=O)CCN(C(=O)c1cc(-c3ccccc3Cl)on1)CC2. The van der Waals surface area contributed by atoms with Crippen molar-refractivity contribution in [2.24, 2.45) is 5.41 Å². The van der Waals surface area contributed by atoms with Crippen molar-refractivity contribution in [3.63, 3.8) is 0 Å². The van der Waals surface area contributed by atoms with Crippen molar-refractivity contribution in [3.8, 4) is 17.1 Å². The lowest BCUT2D eigenvalue weighted by atomic mass is 9.73. The van der Waals surface area contributed by atoms with Gasteiger partial charge in [-0.15, -0.1) is 0 Å². The fourth-order valence-corrected chi connectivity index (χ4v) is 6.08. The highest BCUT2D eigenvalue weighted by Crippen LogP contribution is 2.39. The minimum Gasteiger partial charge on any atom is -0.493 e. The lowest BCUT2D eigenvalue weighted by molar-refractivity contribution is -0.132. The highest BCUT2D eigenvalue weighted by molar-refractivity contribution is 6.33. The number of amides is 2. The maximum atomic E-state index is 13.3. The summed E-state index contributed by atoms with van der Waals surface area (Å²) < 4.78 is 11.5. The van der Waals surface area contributed by atoms with Crippen LogP contribution in [0.15, 0.2) is 59.1 Å². The molecule has 0 saturated carbocycles. The molecule has 3 heterocycles. The lowest BCUT2D eigenvalue weighted by Gasteiger charge is -2.44. The summed E-state index contributed by atoms with van der Waals surface area (Å²) in [6.07, 6.45) is 7.00. The molecule has 8 heteroatoms. The third-order valence-electron chi connectivity index (χ3n) is 8.15. The largest absolute Gasteiger partial charge is 0.493 e. The number of ether oxygens (including phenoxy) is 1. The summed E-state index contributed by atoms with van der Waals surface area (Å²) in [4.78, 5) is 30.0. The van der Waals surface area contributed by atoms with Crippen molar-refractivity contribution in [1.29, 1.82) is 0 Å². The summed E-state index contributed by atoms with van der Waals surface area (Å²) >= 11 is 6.29. The molecule has 2 amide bonds. The van der Waals surface area contributed by atoms with Gasteiger partial charge in [-0.1, -0.05) is 53.5 Å². The van der Waals surface area contributed by atoms with E-state index >= 15 is 0 Å². The van der Waals surface area contributed by atoms with Gasteiger partial charge in [0.2, 0.25) is 5.91 Å². The van der Waals surface area contributed by atoms with Gasteiger partial charge in [-0.25, -0.2) is 0 Å². The van der Waals surface area contributed by atoms with Crippen LogP contribution in [0.4, 0.5) is 0 Å². The monoisotopic (exact) mass is 549 g/mol. The van der Waals surface area contributed by atoms with Crippen LogP contribution in [0.1, 0.15) is 61.0 Å². The molecule has 0 N–H and O–H groups in total. The molecule has 1 saturated heterocycles. The van der Waals surface area contributed by atoms with Gasteiger partial charge in [0, 0.05) is 44.7 Å². The Morgan fingerprint density at radius 3 is 2.56 bits per heavy atom. The van der Waals surface area contributed by atoms with E-state index in [4.69, 9.17) is 20.9 Å². The van der Waals surface area contributed by atoms with Crippen molar-refractivity contribution in [3.05, 3.63) is 70.9 Å². The number of rotatable bonds is 2. The maximum Gasteiger partial charge on any atom is 0.276 e. The Bertz CT molecular complexity index is 1300. The summed E-state index contributed by atoms with van der Waals surface area (Å²) in [5, 5.41) is 4.60. The molecule has 1 spiro atoms. The number of para-hydroxylation sites is 1. The molecule has 0 radical (unpaired) electrons. The van der Waals surface area contributed by atoms with E-state index in [9.17, 15) is 9.59 Å². The number of carbonyl (C=O) groups is 2. The molecule has 2 aliphatic rings. The molecule has 2 aliphatic heterocycles. The second-order valence-electron chi connectivity index (χ2n) is 10.9. The van der Waals surface area contributed by atoms with E-state index in [0.29, 0.717) is 61.1 Å². The van der Waals surface area contributed by atoms with Crippen molar-refractivity contribution >= 4 is 23.4 Å². The quantitative estimate of drug-likeness (QED) is 0.377. The van der Waals surface area contributed by atoms with Gasteiger partial charge in [-0.3, -0.25) is 9.59 Å². The number of hydrogen-bond acceptors (Lipinski definition) is 5. The molecule has 0 atom stereocenters. The van der Waals surface area contributed by atoms with Crippen LogP contribution in [0.25, 0.3) is 11.3 Å². The van der Waals surface area contributed by atoms with Gasteiger partial charge in [0.25, 0.3) is 5.91 Å². The molecular formula is C31H36ClN3O4. The van der Waals surface area contributed by atoms with Crippen LogP contribution in [-0.2, 0) is 11.2 Å². The van der Waals surface area contributed by atoms with Crippen LogP contribution >= 0.6 is 11.6 Å². The molecule has 3 aromatic rings. The molecule has 5 rings (SSSR count). The highest BCUT2D eigenvalue weighted by Gasteiger charge is 2.38. The standard InChI is InChI=1S/C31H36ClN3O4/c1-34-22-31(15-7-6-10-23-9-2-5-13-27(23)38-20-8-14-29(34)36)16-18-35(19-17-31)30(37)26-21-28(39-33-26)24-11-3-4-12-25(24)32/h2-5,9,11-13,21H,6-8,10,14-20,22H2,1H3. The van der Waals surface area contributed by atoms with Crippen LogP contribution in [0.2, 0.25) is 5.02 Å². The van der Waals surface area contributed by atoms with Gasteiger partial charge >= 0.3 is 0 Å². The Kier molecular flexibility index (Phi) is 8.56. The number of hydrogen-bond donors (Lipinski definition) is 0. The molecule has 0 unspecified atom stereocenters. The van der Waals surface area contributed by atoms with Crippen molar-refractivity contribution in [2.75, 3.05) is 33.3 Å². The van der Waals surface area contributed by atoms with E-state index in [-0.39, 0.29) is 17.2 Å². The number of aromatic nitrogens is 1. The second-order valence-corrected chi connectivity index (χ2v) is 11.3. The van der Waals surface area contributed by atoms with Gasteiger partial charge in [0.05, 0.1) is 11.6 Å². The Morgan fingerprint density at radius 2 is 1.74 bits per heavy atom. The zero-order chi connectivity index (χ0) is 27.2. The van der Waals surface area contributed by atoms with Crippen LogP contribution in [0, 0.1) is 5.41 Å². The molecule has 7 nitrogen and oxygen atoms in total. The van der Waals surface area contributed by atoms with Gasteiger partial charge in [0.1, 0.15) is 5.75 Å². The average Bonchev–Trinajstić information content (AvgIpc) is 3.44. The Hall–Kier alpha value is -3.32. The predicted molar refractivity (Wildman–Crippen MR) is 151 cm³/mol. The van der Waals surface area contributed by atoms with Crippen molar-refractivity contribution in [1.82, 2.24) is 15.0 Å². The van der Waals surface area contributed by atoms with Crippen LogP contribution < -0.4 is 4.74 Å². The summed E-state index contributed by atoms with van der Waals surface area (Å²) in [7, 11) is 1.91. The number of nitrogens with zero attached hydrogens (tertiary/aromatic N) is 3. The van der Waals surface area contributed by atoms with Crippen molar-refractivity contribution in [2.45, 2.75) is 51.4 Å². The third-order valence-corrected chi connectivity index (χ3v) is 8.48. The molecule has 1 fully saturated rings. The minimum atomic E-state index is -0.131. The molecule has 206 valence electrons. The summed E-state index contributed by atoms with van der Waals surface area (Å²) in [5.41, 5.74) is 2.23. The summed E-state index contributed by atoms with van der Waals surface area (Å²) in [6, 6.07) is 17.2. The van der Waals surface area contributed by atoms with E-state index < -0.39 is 0 Å². The van der Waals surface area contributed by atoms with Crippen LogP contribution in [0.5, 0.6) is 5.75 Å². The predicted octanol–water partition coefficient (Wildman–Crippen LogP) is 6.26. The van der Waals surface area contributed by atoms with Crippen molar-refractivity contribution < 1.29 is 18.8 Å². The molecule has 2 aromatic carbocycles. The average molecular weight is 550 g/mol. The first-order valence-corrected chi connectivity index (χ1v) is 14.3. The van der Waals surface area contributed by atoms with Crippen LogP contribution in [0.3, 0.4) is 0 Å². The van der Waals surface area contributed by atoms with Gasteiger partial charge in [-0.2, -0.15) is 0 Å². The molecule has 39 heavy (non-hydrogen) atoms. The fourth-order valence-electron chi connectivity index (χ4n) is 5.85. The minimum absolute atomic E-state index is 0.00608. The van der Waals surface area contributed by atoms with Gasteiger partial charge in [-0.05, 0) is 67.7 Å². The third kappa shape index (κ3) is 6.47. The zero-order valence-electron chi connectivity index (χ0n) is 22.5. The molecule has 1 aromatic heterocycles. The number of piperidine rings is 1. The summed E-state index contributed by atoms with van der Waals surface area (Å²) in [6.45, 7) is 2.52. The van der Waals surface area contributed by atoms with E-state index in [1.165, 1.54) is 5.56 Å². The summed E-state index contributed by atoms with van der Waals surface area (Å²) in [5.74, 6) is 1.43. The maximum absolute atomic E-state index is 13.3. The Morgan fingerprint density at radius 1 is 0.974 bits per heavy atom. The van der Waals surface area contributed by atoms with Gasteiger partial charge in [0.15, 0.2) is 11.5 Å². The number of aryl methyl sites for hydroxylation is 1. The topological polar surface area (TPSA) is 75.9 Å². The molecule has 0 bridgehead atoms. The normalized spacial score (nSPS) is 18.8. The number of carbonyl (C=O) groups excluding carboxylic acids is 2. The van der Waals surface area contributed by atoms with E-state index in [2.05, 4.69) is 17.3 Å². The van der Waals surface area contributed by atoms with E-state index in [1.54, 1.807) is 12.1 Å².